The molecule has 2 aliphatic rings. The minimum absolute atomic E-state index is 0.00726. The number of para-hydroxylation sites is 2. The zero-order chi connectivity index (χ0) is 23.4. The van der Waals surface area contributed by atoms with Gasteiger partial charge in [0.2, 0.25) is 5.75 Å². The Morgan fingerprint density at radius 3 is 2.33 bits per heavy atom. The number of hydrogen-bond donors (Lipinski definition) is 0. The van der Waals surface area contributed by atoms with E-state index in [4.69, 9.17) is 23.7 Å². The van der Waals surface area contributed by atoms with Gasteiger partial charge in [0.1, 0.15) is 5.60 Å². The fraction of sp³-hybridized carbons (Fsp3) is 0.440. The maximum atomic E-state index is 12.9. The molecular weight excluding hydrogens is 426 g/mol. The summed E-state index contributed by atoms with van der Waals surface area (Å²) in [6.45, 7) is 3.29. The molecule has 0 aromatic heterocycles. The second-order valence-corrected chi connectivity index (χ2v) is 8.11. The normalized spacial score (nSPS) is 16.6. The van der Waals surface area contributed by atoms with Crippen molar-refractivity contribution in [3.63, 3.8) is 0 Å². The number of piperidine rings is 1. The molecule has 2 aromatic rings. The van der Waals surface area contributed by atoms with Crippen LogP contribution in [0.15, 0.2) is 36.4 Å². The van der Waals surface area contributed by atoms with Crippen molar-refractivity contribution in [1.29, 1.82) is 0 Å². The number of rotatable bonds is 7. The fourth-order valence-electron chi connectivity index (χ4n) is 4.38. The molecule has 8 heteroatoms. The van der Waals surface area contributed by atoms with Crippen molar-refractivity contribution >= 4 is 11.7 Å². The van der Waals surface area contributed by atoms with E-state index in [1.54, 1.807) is 30.2 Å². The first-order chi connectivity index (χ1) is 16.0. The highest BCUT2D eigenvalue weighted by atomic mass is 16.5. The lowest BCUT2D eigenvalue weighted by atomic mass is 9.82. The van der Waals surface area contributed by atoms with Crippen LogP contribution in [0.3, 0.4) is 0 Å². The molecule has 33 heavy (non-hydrogen) atoms. The number of carbonyl (C=O) groups excluding carboxylic acids is 2. The Kier molecular flexibility index (Phi) is 6.62. The molecule has 0 unspecified atom stereocenters. The molecule has 0 aliphatic carbocycles. The van der Waals surface area contributed by atoms with E-state index in [0.29, 0.717) is 66.8 Å². The number of ether oxygens (including phenoxy) is 5. The molecule has 2 aromatic carbocycles. The van der Waals surface area contributed by atoms with Crippen LogP contribution >= 0.6 is 0 Å². The first kappa shape index (κ1) is 22.8. The van der Waals surface area contributed by atoms with Gasteiger partial charge in [-0.3, -0.25) is 9.59 Å². The maximum absolute atomic E-state index is 12.9. The van der Waals surface area contributed by atoms with Gasteiger partial charge in [0.25, 0.3) is 5.91 Å². The molecule has 0 bridgehead atoms. The van der Waals surface area contributed by atoms with Gasteiger partial charge in [-0.1, -0.05) is 12.1 Å². The van der Waals surface area contributed by atoms with Gasteiger partial charge in [0.05, 0.1) is 32.8 Å². The van der Waals surface area contributed by atoms with Crippen molar-refractivity contribution in [1.82, 2.24) is 4.90 Å². The number of hydrogen-bond acceptors (Lipinski definition) is 7. The van der Waals surface area contributed by atoms with Crippen molar-refractivity contribution in [2.24, 2.45) is 0 Å². The lowest BCUT2D eigenvalue weighted by Crippen LogP contribution is -2.53. The Labute approximate surface area is 193 Å². The third-order valence-electron chi connectivity index (χ3n) is 6.13. The summed E-state index contributed by atoms with van der Waals surface area (Å²) in [5.74, 6) is 2.40. The molecular formula is C25H29NO7. The summed E-state index contributed by atoms with van der Waals surface area (Å²) in [4.78, 5) is 27.4. The summed E-state index contributed by atoms with van der Waals surface area (Å²) in [5, 5.41) is 0. The van der Waals surface area contributed by atoms with Crippen molar-refractivity contribution < 1.29 is 33.3 Å². The number of nitrogens with zero attached hydrogens (tertiary/aromatic N) is 1. The average molecular weight is 456 g/mol. The first-order valence-corrected chi connectivity index (χ1v) is 11.1. The summed E-state index contributed by atoms with van der Waals surface area (Å²) in [6, 6.07) is 10.7. The van der Waals surface area contributed by atoms with Gasteiger partial charge in [-0.15, -0.1) is 0 Å². The van der Waals surface area contributed by atoms with Crippen LogP contribution in [0.4, 0.5) is 0 Å². The molecule has 0 atom stereocenters. The summed E-state index contributed by atoms with van der Waals surface area (Å²) >= 11 is 0. The molecule has 2 heterocycles. The standard InChI is InChI=1S/C25H29NO7/c1-4-31-19-7-5-6-8-20(19)32-16-22(28)26-13-11-25(12-14-26)15-18(27)17-9-10-21(29-2)24(30-3)23(17)33-25/h5-10H,4,11-16H2,1-3H3. The third kappa shape index (κ3) is 4.55. The van der Waals surface area contributed by atoms with E-state index in [1.165, 1.54) is 7.11 Å². The van der Waals surface area contributed by atoms with Gasteiger partial charge in [0.15, 0.2) is 35.4 Å². The first-order valence-electron chi connectivity index (χ1n) is 11.1. The van der Waals surface area contributed by atoms with Crippen LogP contribution < -0.4 is 23.7 Å². The van der Waals surface area contributed by atoms with Gasteiger partial charge in [-0.25, -0.2) is 0 Å². The molecule has 0 N–H and O–H groups in total. The van der Waals surface area contributed by atoms with E-state index in [-0.39, 0.29) is 24.7 Å². The number of amides is 1. The fourth-order valence-corrected chi connectivity index (χ4v) is 4.38. The van der Waals surface area contributed by atoms with E-state index in [0.717, 1.165) is 0 Å². The SMILES string of the molecule is CCOc1ccccc1OCC(=O)N1CCC2(CC1)CC(=O)c1ccc(OC)c(OC)c1O2. The highest BCUT2D eigenvalue weighted by molar-refractivity contribution is 6.01. The second-order valence-electron chi connectivity index (χ2n) is 8.11. The number of methoxy groups -OCH3 is 2. The molecule has 1 fully saturated rings. The van der Waals surface area contributed by atoms with Crippen molar-refractivity contribution in [3.8, 4) is 28.7 Å². The third-order valence-corrected chi connectivity index (χ3v) is 6.13. The van der Waals surface area contributed by atoms with Gasteiger partial charge >= 0.3 is 0 Å². The van der Waals surface area contributed by atoms with Crippen LogP contribution in [0.25, 0.3) is 0 Å². The quantitative estimate of drug-likeness (QED) is 0.632. The summed E-state index contributed by atoms with van der Waals surface area (Å²) in [7, 11) is 3.07. The Bertz CT molecular complexity index is 1030. The van der Waals surface area contributed by atoms with Crippen LogP contribution in [0.5, 0.6) is 28.7 Å². The lowest BCUT2D eigenvalue weighted by Gasteiger charge is -2.44. The van der Waals surface area contributed by atoms with Crippen LogP contribution in [0, 0.1) is 0 Å². The van der Waals surface area contributed by atoms with Crippen LogP contribution in [-0.4, -0.2) is 62.7 Å². The number of Topliss-reactive ketones (excluding diaryl/α,β-unsaturated/α-hetero) is 1. The van der Waals surface area contributed by atoms with Gasteiger partial charge < -0.3 is 28.6 Å². The topological polar surface area (TPSA) is 83.5 Å². The van der Waals surface area contributed by atoms with Crippen molar-refractivity contribution in [2.45, 2.75) is 31.8 Å². The Morgan fingerprint density at radius 2 is 1.70 bits per heavy atom. The largest absolute Gasteiger partial charge is 0.493 e. The van der Waals surface area contributed by atoms with E-state index in [9.17, 15) is 9.59 Å². The summed E-state index contributed by atoms with van der Waals surface area (Å²) in [5.41, 5.74) is -0.165. The zero-order valence-electron chi connectivity index (χ0n) is 19.2. The molecule has 1 spiro atoms. The highest BCUT2D eigenvalue weighted by Gasteiger charge is 2.45. The van der Waals surface area contributed by atoms with Gasteiger partial charge in [-0.05, 0) is 31.2 Å². The van der Waals surface area contributed by atoms with Crippen LogP contribution in [0.1, 0.15) is 36.5 Å². The minimum Gasteiger partial charge on any atom is -0.493 e. The van der Waals surface area contributed by atoms with Crippen LogP contribution in [0.2, 0.25) is 0 Å². The Balaban J connectivity index is 1.41. The number of benzene rings is 2. The molecule has 0 saturated carbocycles. The minimum atomic E-state index is -0.664. The van der Waals surface area contributed by atoms with Crippen molar-refractivity contribution in [2.75, 3.05) is 40.5 Å². The Hall–Kier alpha value is -3.42. The number of carbonyl (C=O) groups is 2. The zero-order valence-corrected chi connectivity index (χ0v) is 19.2. The average Bonchev–Trinajstić information content (AvgIpc) is 2.83. The van der Waals surface area contributed by atoms with Gasteiger partial charge in [0, 0.05) is 25.9 Å². The monoisotopic (exact) mass is 455 g/mol. The van der Waals surface area contributed by atoms with Crippen molar-refractivity contribution in [3.05, 3.63) is 42.0 Å². The summed E-state index contributed by atoms with van der Waals surface area (Å²) in [6.07, 6.45) is 1.36. The van der Waals surface area contributed by atoms with E-state index in [1.807, 2.05) is 25.1 Å². The number of fused-ring (bicyclic) bond motifs is 1. The molecule has 0 radical (unpaired) electrons. The molecule has 1 saturated heterocycles. The summed E-state index contributed by atoms with van der Waals surface area (Å²) < 4.78 is 28.5. The molecule has 1 amide bonds. The molecule has 8 nitrogen and oxygen atoms in total. The smallest absolute Gasteiger partial charge is 0.260 e. The molecule has 176 valence electrons. The van der Waals surface area contributed by atoms with E-state index < -0.39 is 5.60 Å². The number of ketones is 1. The predicted molar refractivity (Wildman–Crippen MR) is 121 cm³/mol. The van der Waals surface area contributed by atoms with Crippen LogP contribution in [-0.2, 0) is 4.79 Å². The highest BCUT2D eigenvalue weighted by Crippen LogP contribution is 2.47. The van der Waals surface area contributed by atoms with Gasteiger partial charge in [-0.2, -0.15) is 0 Å². The number of likely N-dealkylation sites (tertiary alicyclic amines) is 1. The van der Waals surface area contributed by atoms with E-state index >= 15 is 0 Å². The van der Waals surface area contributed by atoms with E-state index in [2.05, 4.69) is 0 Å². The predicted octanol–water partition coefficient (Wildman–Crippen LogP) is 3.51. The molecule has 4 rings (SSSR count). The lowest BCUT2D eigenvalue weighted by molar-refractivity contribution is -0.137. The molecule has 2 aliphatic heterocycles. The second kappa shape index (κ2) is 9.60. The maximum Gasteiger partial charge on any atom is 0.260 e. The Morgan fingerprint density at radius 1 is 1.00 bits per heavy atom.